The van der Waals surface area contributed by atoms with Gasteiger partial charge in [0.1, 0.15) is 0 Å². The van der Waals surface area contributed by atoms with Gasteiger partial charge in [-0.1, -0.05) is 18.6 Å². The average molecular weight is 273 g/mol. The van der Waals surface area contributed by atoms with Crippen LogP contribution in [0.15, 0.2) is 11.6 Å². The van der Waals surface area contributed by atoms with Gasteiger partial charge in [0.25, 0.3) is 0 Å². The van der Waals surface area contributed by atoms with Crippen molar-refractivity contribution >= 4 is 11.9 Å². The van der Waals surface area contributed by atoms with Gasteiger partial charge in [-0.3, -0.25) is 9.59 Å². The fourth-order valence-corrected chi connectivity index (χ4v) is 1.48. The third-order valence-corrected chi connectivity index (χ3v) is 2.82. The number of carbonyl (C=O) groups is 2. The van der Waals surface area contributed by atoms with E-state index in [1.807, 2.05) is 19.9 Å². The molecular weight excluding hydrogens is 244 g/mol. The van der Waals surface area contributed by atoms with Crippen molar-refractivity contribution in [2.45, 2.75) is 53.8 Å². The van der Waals surface area contributed by atoms with Crippen LogP contribution >= 0.6 is 0 Å². The molecule has 0 aliphatic carbocycles. The molecule has 4 nitrogen and oxygen atoms in total. The second-order valence-corrected chi connectivity index (χ2v) is 4.29. The van der Waals surface area contributed by atoms with Crippen LogP contribution in [-0.2, 0) is 19.1 Å². The van der Waals surface area contributed by atoms with E-state index in [4.69, 9.17) is 13.6 Å². The first-order chi connectivity index (χ1) is 10.2. The molecule has 0 fully saturated rings. The van der Waals surface area contributed by atoms with E-state index in [-0.39, 0.29) is 26.1 Å². The van der Waals surface area contributed by atoms with E-state index in [9.17, 15) is 9.59 Å². The Balaban J connectivity index is 5.66. The van der Waals surface area contributed by atoms with Gasteiger partial charge in [-0.2, -0.15) is 0 Å². The first kappa shape index (κ1) is 12.7. The Morgan fingerprint density at radius 2 is 1.68 bits per heavy atom. The summed E-state index contributed by atoms with van der Waals surface area (Å²) in [5.74, 6) is -2.09. The third-order valence-electron chi connectivity index (χ3n) is 2.82. The maximum Gasteiger partial charge on any atom is 0.323 e. The summed E-state index contributed by atoms with van der Waals surface area (Å²) in [6.07, 6.45) is 2.77. The average Bonchev–Trinajstić information content (AvgIpc) is 2.42. The molecule has 110 valence electrons. The number of esters is 2. The van der Waals surface area contributed by atoms with E-state index in [1.54, 1.807) is 13.8 Å². The van der Waals surface area contributed by atoms with Gasteiger partial charge in [0.2, 0.25) is 0 Å². The molecule has 0 aromatic rings. The van der Waals surface area contributed by atoms with Crippen molar-refractivity contribution in [2.75, 3.05) is 13.2 Å². The number of hydrogen-bond donors (Lipinski definition) is 0. The Labute approximate surface area is 120 Å². The summed E-state index contributed by atoms with van der Waals surface area (Å²) in [7, 11) is 0. The van der Waals surface area contributed by atoms with Crippen LogP contribution in [-0.4, -0.2) is 25.2 Å². The lowest BCUT2D eigenvalue weighted by atomic mass is 9.85. The summed E-state index contributed by atoms with van der Waals surface area (Å²) in [6.45, 7) is 4.17. The zero-order valence-corrected chi connectivity index (χ0v) is 12.2. The van der Waals surface area contributed by atoms with Gasteiger partial charge in [0, 0.05) is 4.11 Å². The molecule has 0 heterocycles. The van der Waals surface area contributed by atoms with Crippen molar-refractivity contribution in [1.82, 2.24) is 0 Å². The molecule has 0 aliphatic heterocycles. The van der Waals surface area contributed by atoms with Crippen molar-refractivity contribution in [3.8, 4) is 0 Å². The number of rotatable bonds is 8. The molecule has 19 heavy (non-hydrogen) atoms. The highest BCUT2D eigenvalue weighted by Crippen LogP contribution is 2.28. The molecule has 0 saturated carbocycles. The predicted molar refractivity (Wildman–Crippen MR) is 74.7 cm³/mol. The minimum Gasteiger partial charge on any atom is -0.465 e. The largest absolute Gasteiger partial charge is 0.465 e. The first-order valence-electron chi connectivity index (χ1n) is 8.17. The summed E-state index contributed by atoms with van der Waals surface area (Å²) in [4.78, 5) is 24.5. The zero-order valence-electron chi connectivity index (χ0n) is 15.2. The molecule has 0 N–H and O–H groups in total. The summed E-state index contributed by atoms with van der Waals surface area (Å²) >= 11 is 0. The second-order valence-electron chi connectivity index (χ2n) is 4.29. The lowest BCUT2D eigenvalue weighted by Gasteiger charge is -2.24. The highest BCUT2D eigenvalue weighted by atomic mass is 16.6. The van der Waals surface area contributed by atoms with Gasteiger partial charge in [0.15, 0.2) is 5.41 Å². The SMILES string of the molecule is [2H]C([2H])([2H])C(CC/C=C(\C)CC)(C(=O)OCC)C(=O)OCC. The highest BCUT2D eigenvalue weighted by molar-refractivity contribution is 5.99. The molecule has 0 radical (unpaired) electrons. The Bertz CT molecular complexity index is 396. The standard InChI is InChI=1S/C15H26O4/c1-6-12(4)10-9-11-15(5,13(16)18-7-2)14(17)19-8-3/h10H,6-9,11H2,1-5H3/b12-10+/i5D3. The quantitative estimate of drug-likeness (QED) is 0.387. The fourth-order valence-electron chi connectivity index (χ4n) is 1.48. The molecule has 4 heteroatoms. The number of ether oxygens (including phenoxy) is 2. The molecule has 0 rings (SSSR count). The number of allylic oxidation sites excluding steroid dienone is 2. The van der Waals surface area contributed by atoms with E-state index >= 15 is 0 Å². The highest BCUT2D eigenvalue weighted by Gasteiger charge is 2.43. The van der Waals surface area contributed by atoms with Crippen LogP contribution in [0.25, 0.3) is 0 Å². The second kappa shape index (κ2) is 8.73. The van der Waals surface area contributed by atoms with Crippen LogP contribution < -0.4 is 0 Å². The van der Waals surface area contributed by atoms with Crippen molar-refractivity contribution < 1.29 is 23.2 Å². The van der Waals surface area contributed by atoms with Crippen LogP contribution in [0.3, 0.4) is 0 Å². The molecule has 0 aromatic heterocycles. The van der Waals surface area contributed by atoms with Gasteiger partial charge >= 0.3 is 11.9 Å². The Morgan fingerprint density at radius 3 is 2.05 bits per heavy atom. The summed E-state index contributed by atoms with van der Waals surface area (Å²) in [5, 5.41) is 0. The lowest BCUT2D eigenvalue weighted by molar-refractivity contribution is -0.171. The topological polar surface area (TPSA) is 52.6 Å². The normalized spacial score (nSPS) is 15.2. The van der Waals surface area contributed by atoms with Crippen LogP contribution in [0, 0.1) is 5.41 Å². The van der Waals surface area contributed by atoms with E-state index in [0.29, 0.717) is 0 Å². The molecule has 0 bridgehead atoms. The number of carbonyl (C=O) groups excluding carboxylic acids is 2. The third kappa shape index (κ3) is 5.45. The van der Waals surface area contributed by atoms with E-state index in [0.717, 1.165) is 12.0 Å². The zero-order chi connectivity index (χ0) is 17.4. The van der Waals surface area contributed by atoms with Crippen LogP contribution in [0.4, 0.5) is 0 Å². The van der Waals surface area contributed by atoms with E-state index in [2.05, 4.69) is 0 Å². The molecule has 0 aliphatic rings. The van der Waals surface area contributed by atoms with Crippen LogP contribution in [0.5, 0.6) is 0 Å². The van der Waals surface area contributed by atoms with Gasteiger partial charge in [-0.25, -0.2) is 0 Å². The minimum absolute atomic E-state index is 0.000104. The summed E-state index contributed by atoms with van der Waals surface area (Å²) in [6, 6.07) is 0. The Morgan fingerprint density at radius 1 is 1.16 bits per heavy atom. The van der Waals surface area contributed by atoms with Crippen molar-refractivity contribution in [3.05, 3.63) is 11.6 Å². The molecule has 0 unspecified atom stereocenters. The first-order valence-corrected chi connectivity index (χ1v) is 6.67. The molecule has 0 spiro atoms. The van der Waals surface area contributed by atoms with Gasteiger partial charge < -0.3 is 9.47 Å². The summed E-state index contributed by atoms with van der Waals surface area (Å²) in [5.41, 5.74) is -1.21. The van der Waals surface area contributed by atoms with Crippen molar-refractivity contribution in [2.24, 2.45) is 5.41 Å². The predicted octanol–water partition coefficient (Wildman–Crippen LogP) is 3.26. The molecule has 0 saturated heterocycles. The Kier molecular flexibility index (Phi) is 5.83. The van der Waals surface area contributed by atoms with Gasteiger partial charge in [-0.05, 0) is 46.9 Å². The molecule has 0 atom stereocenters. The molecular formula is C15H26O4. The maximum absolute atomic E-state index is 12.3. The van der Waals surface area contributed by atoms with Crippen LogP contribution in [0.1, 0.15) is 57.9 Å². The minimum atomic E-state index is -2.83. The van der Waals surface area contributed by atoms with Gasteiger partial charge in [0.05, 0.1) is 13.2 Å². The van der Waals surface area contributed by atoms with Crippen molar-refractivity contribution in [1.29, 1.82) is 0 Å². The fraction of sp³-hybridized carbons (Fsp3) is 0.733. The van der Waals surface area contributed by atoms with E-state index < -0.39 is 24.2 Å². The molecule has 0 aromatic carbocycles. The molecule has 0 amide bonds. The lowest BCUT2D eigenvalue weighted by Crippen LogP contribution is -2.39. The van der Waals surface area contributed by atoms with E-state index in [1.165, 1.54) is 0 Å². The maximum atomic E-state index is 12.3. The number of hydrogen-bond acceptors (Lipinski definition) is 4. The Hall–Kier alpha value is -1.32. The van der Waals surface area contributed by atoms with Gasteiger partial charge in [-0.15, -0.1) is 0 Å². The smallest absolute Gasteiger partial charge is 0.323 e. The van der Waals surface area contributed by atoms with Crippen LogP contribution in [0.2, 0.25) is 0 Å². The summed E-state index contributed by atoms with van der Waals surface area (Å²) < 4.78 is 32.8. The van der Waals surface area contributed by atoms with Crippen molar-refractivity contribution in [3.63, 3.8) is 0 Å². The monoisotopic (exact) mass is 273 g/mol.